The Hall–Kier alpha value is -1.62. The van der Waals surface area contributed by atoms with Crippen LogP contribution < -0.4 is 20.4 Å². The Kier molecular flexibility index (Phi) is 57.1. The highest BCUT2D eigenvalue weighted by atomic mass is 17.1. The molecule has 0 aliphatic heterocycles. The number of rotatable bonds is 30. The third kappa shape index (κ3) is 77.7. The molecule has 0 spiro atoms. The van der Waals surface area contributed by atoms with Gasteiger partial charge in [0.25, 0.3) is 0 Å². The average molecular weight is 637 g/mol. The second kappa shape index (κ2) is 51.0. The van der Waals surface area contributed by atoms with E-state index in [9.17, 15) is 0 Å². The van der Waals surface area contributed by atoms with E-state index in [1.165, 1.54) is 167 Å². The quantitative estimate of drug-likeness (QED) is 0.0471. The fourth-order valence-electron chi connectivity index (χ4n) is 4.72. The van der Waals surface area contributed by atoms with E-state index in [-0.39, 0.29) is 0 Å². The molecule has 268 valence electrons. The van der Waals surface area contributed by atoms with E-state index >= 15 is 0 Å². The van der Waals surface area contributed by atoms with Gasteiger partial charge in [-0.05, 0) is 25.2 Å². The molecule has 0 rings (SSSR count). The van der Waals surface area contributed by atoms with E-state index in [4.69, 9.17) is 40.5 Å². The number of hydrogen-bond donors (Lipinski definition) is 2. The van der Waals surface area contributed by atoms with Gasteiger partial charge in [-0.3, -0.25) is 10.5 Å². The summed E-state index contributed by atoms with van der Waals surface area (Å²) in [6, 6.07) is 0. The Morgan fingerprint density at radius 2 is 0.500 bits per heavy atom. The van der Waals surface area contributed by atoms with Crippen molar-refractivity contribution in [2.24, 2.45) is 0 Å². The zero-order valence-electron chi connectivity index (χ0n) is 28.4. The van der Waals surface area contributed by atoms with Crippen molar-refractivity contribution in [3.8, 4) is 0 Å². The molecule has 0 aliphatic rings. The first-order chi connectivity index (χ1) is 21.3. The number of carbonyl (C=O) groups excluding carboxylic acids is 2. The van der Waals surface area contributed by atoms with Crippen LogP contribution in [0.3, 0.4) is 0 Å². The summed E-state index contributed by atoms with van der Waals surface area (Å²) in [6.45, 7) is 5.55. The Morgan fingerprint density at radius 1 is 0.364 bits per heavy atom. The van der Waals surface area contributed by atoms with Gasteiger partial charge in [0.15, 0.2) is 0 Å². The minimum atomic E-state index is -2.33. The van der Waals surface area contributed by atoms with Crippen LogP contribution in [0.4, 0.5) is 9.59 Å². The van der Waals surface area contributed by atoms with Gasteiger partial charge in [-0.1, -0.05) is 181 Å². The monoisotopic (exact) mass is 636 g/mol. The lowest BCUT2D eigenvalue weighted by molar-refractivity contribution is -0.417. The summed E-state index contributed by atoms with van der Waals surface area (Å²) in [7, 11) is 0. The predicted octanol–water partition coefficient (Wildman–Crippen LogP) is 7.02. The summed E-state index contributed by atoms with van der Waals surface area (Å²) in [5, 5.41) is 49.6. The summed E-state index contributed by atoms with van der Waals surface area (Å²) < 4.78 is 0. The minimum absolute atomic E-state index is 0.498. The standard InChI is InChI=1S/2C16H34O2.2CH2O3/c2*1-2-3-4-5-6-7-8-9-10-11-12-13-14-15-16-18-17;2*2-1(3)4/h2*17H,2-16H2,1H3;2*(H2,2,3,4)/p-4. The molecule has 0 fully saturated rings. The van der Waals surface area contributed by atoms with E-state index < -0.39 is 12.3 Å². The molecule has 2 N–H and O–H groups in total. The summed E-state index contributed by atoms with van der Waals surface area (Å²) in [5.41, 5.74) is 0. The third-order valence-electron chi connectivity index (χ3n) is 7.18. The smallest absolute Gasteiger partial charge is 0.0819 e. The number of unbranched alkanes of at least 4 members (excludes halogenated alkanes) is 26. The van der Waals surface area contributed by atoms with E-state index in [1.807, 2.05) is 0 Å². The fourth-order valence-corrected chi connectivity index (χ4v) is 4.72. The Balaban J connectivity index is -0.000000292. The molecule has 0 saturated heterocycles. The van der Waals surface area contributed by atoms with Crippen molar-refractivity contribution in [2.45, 2.75) is 194 Å². The molecule has 0 aliphatic carbocycles. The molecular weight excluding hydrogens is 568 g/mol. The Bertz CT molecular complexity index is 422. The Labute approximate surface area is 269 Å². The summed E-state index contributed by atoms with van der Waals surface area (Å²) >= 11 is 0. The maximum absolute atomic E-state index is 8.33. The summed E-state index contributed by atoms with van der Waals surface area (Å²) in [5.74, 6) is 0. The molecule has 44 heavy (non-hydrogen) atoms. The lowest BCUT2D eigenvalue weighted by Crippen LogP contribution is -2.37. The van der Waals surface area contributed by atoms with Gasteiger partial charge in [0.2, 0.25) is 0 Å². The predicted molar refractivity (Wildman–Crippen MR) is 169 cm³/mol. The van der Waals surface area contributed by atoms with E-state index in [0.29, 0.717) is 13.2 Å². The van der Waals surface area contributed by atoms with Crippen molar-refractivity contribution in [2.75, 3.05) is 13.2 Å². The molecule has 0 saturated carbocycles. The van der Waals surface area contributed by atoms with E-state index in [0.717, 1.165) is 12.8 Å². The van der Waals surface area contributed by atoms with Crippen LogP contribution in [-0.2, 0) is 9.78 Å². The van der Waals surface area contributed by atoms with Crippen molar-refractivity contribution in [1.82, 2.24) is 0 Å². The van der Waals surface area contributed by atoms with Crippen LogP contribution in [0.15, 0.2) is 0 Å². The first-order valence-corrected chi connectivity index (χ1v) is 17.6. The molecule has 0 radical (unpaired) electrons. The molecule has 10 nitrogen and oxygen atoms in total. The maximum Gasteiger partial charge on any atom is 0.0819 e. The molecule has 0 aromatic rings. The highest BCUT2D eigenvalue weighted by molar-refractivity contribution is 5.47. The highest BCUT2D eigenvalue weighted by Gasteiger charge is 1.95. The topological polar surface area (TPSA) is 185 Å². The molecule has 0 heterocycles. The van der Waals surface area contributed by atoms with Crippen LogP contribution in [0.1, 0.15) is 194 Å². The van der Waals surface area contributed by atoms with Gasteiger partial charge in [-0.15, -0.1) is 0 Å². The number of carboxylic acid groups (broad SMARTS) is 4. The fraction of sp³-hybridized carbons (Fsp3) is 0.941. The van der Waals surface area contributed by atoms with Crippen molar-refractivity contribution < 1.29 is 50.3 Å². The van der Waals surface area contributed by atoms with Crippen LogP contribution in [0, 0.1) is 0 Å². The Morgan fingerprint density at radius 3 is 0.636 bits per heavy atom. The molecule has 0 aromatic heterocycles. The van der Waals surface area contributed by atoms with Crippen LogP contribution in [0.25, 0.3) is 0 Å². The van der Waals surface area contributed by atoms with Crippen molar-refractivity contribution in [1.29, 1.82) is 0 Å². The van der Waals surface area contributed by atoms with E-state index in [2.05, 4.69) is 23.6 Å². The zero-order valence-corrected chi connectivity index (χ0v) is 28.4. The van der Waals surface area contributed by atoms with Crippen molar-refractivity contribution in [3.63, 3.8) is 0 Å². The molecule has 0 amide bonds. The van der Waals surface area contributed by atoms with Crippen LogP contribution in [0.5, 0.6) is 0 Å². The number of carbonyl (C=O) groups is 2. The average Bonchev–Trinajstić information content (AvgIpc) is 2.97. The molecule has 0 bridgehead atoms. The van der Waals surface area contributed by atoms with Gasteiger partial charge in [0, 0.05) is 0 Å². The molecular formula is C34H68O10-4. The normalized spacial score (nSPS) is 10.1. The molecule has 10 heteroatoms. The first kappa shape index (κ1) is 49.3. The van der Waals surface area contributed by atoms with Gasteiger partial charge in [0.05, 0.1) is 13.2 Å². The molecule has 0 unspecified atom stereocenters. The van der Waals surface area contributed by atoms with Crippen LogP contribution in [-0.4, -0.2) is 36.0 Å². The second-order valence-corrected chi connectivity index (χ2v) is 11.4. The summed E-state index contributed by atoms with van der Waals surface area (Å²) in [6.07, 6.45) is 33.4. The highest BCUT2D eigenvalue weighted by Crippen LogP contribution is 2.14. The van der Waals surface area contributed by atoms with Gasteiger partial charge >= 0.3 is 0 Å². The SMILES string of the molecule is CCCCCCCCCCCCCCCCOO.CCCCCCCCCCCCCCCCOO.O=C([O-])[O-].O=C([O-])[O-]. The van der Waals surface area contributed by atoms with E-state index in [1.54, 1.807) is 0 Å². The van der Waals surface area contributed by atoms with Crippen molar-refractivity contribution in [3.05, 3.63) is 0 Å². The third-order valence-corrected chi connectivity index (χ3v) is 7.18. The lowest BCUT2D eigenvalue weighted by Gasteiger charge is -2.02. The number of hydrogen-bond acceptors (Lipinski definition) is 10. The maximum atomic E-state index is 8.33. The van der Waals surface area contributed by atoms with Gasteiger partial charge in [-0.25, -0.2) is 9.78 Å². The molecule has 0 atom stereocenters. The van der Waals surface area contributed by atoms with Crippen LogP contribution in [0.2, 0.25) is 0 Å². The van der Waals surface area contributed by atoms with Gasteiger partial charge in [-0.2, -0.15) is 0 Å². The lowest BCUT2D eigenvalue weighted by atomic mass is 10.0. The second-order valence-electron chi connectivity index (χ2n) is 11.4. The molecule has 0 aromatic carbocycles. The van der Waals surface area contributed by atoms with Crippen molar-refractivity contribution >= 4 is 12.3 Å². The minimum Gasteiger partial charge on any atom is -0.652 e. The largest absolute Gasteiger partial charge is 0.652 e. The van der Waals surface area contributed by atoms with Crippen LogP contribution >= 0.6 is 0 Å². The summed E-state index contributed by atoms with van der Waals surface area (Å²) in [4.78, 5) is 24.8. The first-order valence-electron chi connectivity index (χ1n) is 17.6. The van der Waals surface area contributed by atoms with Gasteiger partial charge in [0.1, 0.15) is 0 Å². The zero-order chi connectivity index (χ0) is 33.8. The van der Waals surface area contributed by atoms with Gasteiger partial charge < -0.3 is 30.0 Å².